The SMILES string of the molecule is Cc1ccc(OCCOc2ccc(Cl)cc2C#N)c(C)c1. The quantitative estimate of drug-likeness (QED) is 0.774. The zero-order chi connectivity index (χ0) is 15.2. The van der Waals surface area contributed by atoms with Gasteiger partial charge in [-0.3, -0.25) is 0 Å². The normalized spacial score (nSPS) is 10.0. The lowest BCUT2D eigenvalue weighted by atomic mass is 10.1. The summed E-state index contributed by atoms with van der Waals surface area (Å²) in [6.45, 7) is 4.83. The highest BCUT2D eigenvalue weighted by Gasteiger charge is 2.05. The molecule has 0 aliphatic carbocycles. The van der Waals surface area contributed by atoms with Crippen LogP contribution in [0.4, 0.5) is 0 Å². The molecule has 0 spiro atoms. The average molecular weight is 302 g/mol. The number of benzene rings is 2. The van der Waals surface area contributed by atoms with Crippen LogP contribution >= 0.6 is 11.6 Å². The van der Waals surface area contributed by atoms with E-state index in [1.165, 1.54) is 5.56 Å². The van der Waals surface area contributed by atoms with Gasteiger partial charge in [0.2, 0.25) is 0 Å². The molecular formula is C17H16ClNO2. The monoisotopic (exact) mass is 301 g/mol. The molecule has 0 saturated heterocycles. The fourth-order valence-electron chi connectivity index (χ4n) is 1.98. The second-order valence-corrected chi connectivity index (χ2v) is 5.15. The van der Waals surface area contributed by atoms with Crippen molar-refractivity contribution >= 4 is 11.6 Å². The molecule has 21 heavy (non-hydrogen) atoms. The molecule has 0 heterocycles. The van der Waals surface area contributed by atoms with Crippen LogP contribution in [-0.4, -0.2) is 13.2 Å². The minimum Gasteiger partial charge on any atom is -0.490 e. The predicted molar refractivity (Wildman–Crippen MR) is 83.1 cm³/mol. The Balaban J connectivity index is 1.89. The van der Waals surface area contributed by atoms with Gasteiger partial charge in [-0.2, -0.15) is 5.26 Å². The summed E-state index contributed by atoms with van der Waals surface area (Å²) in [5, 5.41) is 9.54. The zero-order valence-corrected chi connectivity index (χ0v) is 12.8. The maximum Gasteiger partial charge on any atom is 0.137 e. The lowest BCUT2D eigenvalue weighted by molar-refractivity contribution is 0.216. The Morgan fingerprint density at radius 2 is 1.67 bits per heavy atom. The van der Waals surface area contributed by atoms with Crippen molar-refractivity contribution in [3.8, 4) is 17.6 Å². The van der Waals surface area contributed by atoms with Crippen molar-refractivity contribution < 1.29 is 9.47 Å². The molecule has 0 bridgehead atoms. The first-order chi connectivity index (χ1) is 10.1. The van der Waals surface area contributed by atoms with Crippen LogP contribution in [0.2, 0.25) is 5.02 Å². The Labute approximate surface area is 129 Å². The van der Waals surface area contributed by atoms with E-state index in [9.17, 15) is 0 Å². The molecule has 2 aromatic rings. The molecule has 0 radical (unpaired) electrons. The molecule has 0 N–H and O–H groups in total. The van der Waals surface area contributed by atoms with Crippen LogP contribution in [0, 0.1) is 25.2 Å². The Morgan fingerprint density at radius 3 is 2.33 bits per heavy atom. The van der Waals surface area contributed by atoms with Gasteiger partial charge < -0.3 is 9.47 Å². The fraction of sp³-hybridized carbons (Fsp3) is 0.235. The number of aryl methyl sites for hydroxylation is 2. The first-order valence-corrected chi connectivity index (χ1v) is 7.00. The molecule has 0 amide bonds. The second-order valence-electron chi connectivity index (χ2n) is 4.72. The number of nitrogens with zero attached hydrogens (tertiary/aromatic N) is 1. The fourth-order valence-corrected chi connectivity index (χ4v) is 2.15. The van der Waals surface area contributed by atoms with Gasteiger partial charge in [-0.25, -0.2) is 0 Å². The van der Waals surface area contributed by atoms with Gasteiger partial charge in [0.25, 0.3) is 0 Å². The van der Waals surface area contributed by atoms with Crippen LogP contribution in [0.3, 0.4) is 0 Å². The van der Waals surface area contributed by atoms with E-state index in [1.54, 1.807) is 18.2 Å². The van der Waals surface area contributed by atoms with Crippen LogP contribution < -0.4 is 9.47 Å². The van der Waals surface area contributed by atoms with Gasteiger partial charge in [-0.05, 0) is 43.7 Å². The average Bonchev–Trinajstić information content (AvgIpc) is 2.46. The van der Waals surface area contributed by atoms with E-state index in [0.717, 1.165) is 11.3 Å². The minimum absolute atomic E-state index is 0.365. The lowest BCUT2D eigenvalue weighted by Gasteiger charge is -2.11. The number of hydrogen-bond donors (Lipinski definition) is 0. The third-order valence-electron chi connectivity index (χ3n) is 2.99. The molecule has 0 saturated carbocycles. The highest BCUT2D eigenvalue weighted by atomic mass is 35.5. The molecule has 0 aliphatic rings. The van der Waals surface area contributed by atoms with E-state index in [-0.39, 0.29) is 0 Å². The van der Waals surface area contributed by atoms with Gasteiger partial charge in [0.05, 0.1) is 5.56 Å². The van der Waals surface area contributed by atoms with Crippen LogP contribution in [0.1, 0.15) is 16.7 Å². The van der Waals surface area contributed by atoms with Gasteiger partial charge in [0.15, 0.2) is 0 Å². The Morgan fingerprint density at radius 1 is 1.00 bits per heavy atom. The summed E-state index contributed by atoms with van der Waals surface area (Å²) in [4.78, 5) is 0. The summed E-state index contributed by atoms with van der Waals surface area (Å²) in [5.41, 5.74) is 2.73. The van der Waals surface area contributed by atoms with Crippen LogP contribution in [0.5, 0.6) is 11.5 Å². The van der Waals surface area contributed by atoms with Crippen LogP contribution in [0.15, 0.2) is 36.4 Å². The Kier molecular flexibility index (Phi) is 5.08. The van der Waals surface area contributed by atoms with Crippen molar-refractivity contribution in [1.29, 1.82) is 5.26 Å². The van der Waals surface area contributed by atoms with E-state index in [2.05, 4.69) is 12.1 Å². The van der Waals surface area contributed by atoms with Gasteiger partial charge in [0, 0.05) is 5.02 Å². The van der Waals surface area contributed by atoms with E-state index in [1.807, 2.05) is 26.0 Å². The highest BCUT2D eigenvalue weighted by Crippen LogP contribution is 2.22. The van der Waals surface area contributed by atoms with E-state index < -0.39 is 0 Å². The third-order valence-corrected chi connectivity index (χ3v) is 3.23. The van der Waals surface area contributed by atoms with Crippen molar-refractivity contribution in [1.82, 2.24) is 0 Å². The van der Waals surface area contributed by atoms with Gasteiger partial charge in [0.1, 0.15) is 30.8 Å². The molecule has 0 atom stereocenters. The first kappa shape index (κ1) is 15.2. The molecule has 0 unspecified atom stereocenters. The number of ether oxygens (including phenoxy) is 2. The van der Waals surface area contributed by atoms with E-state index >= 15 is 0 Å². The number of rotatable bonds is 5. The van der Waals surface area contributed by atoms with Crippen molar-refractivity contribution in [2.24, 2.45) is 0 Å². The molecule has 108 valence electrons. The van der Waals surface area contributed by atoms with E-state index in [4.69, 9.17) is 26.3 Å². The van der Waals surface area contributed by atoms with Gasteiger partial charge in [-0.15, -0.1) is 0 Å². The van der Waals surface area contributed by atoms with Crippen LogP contribution in [0.25, 0.3) is 0 Å². The standard InChI is InChI=1S/C17H16ClNO2/c1-12-3-5-16(13(2)9-12)20-7-8-21-17-6-4-15(18)10-14(17)11-19/h3-6,9-10H,7-8H2,1-2H3. The zero-order valence-electron chi connectivity index (χ0n) is 12.0. The Hall–Kier alpha value is -2.18. The predicted octanol–water partition coefficient (Wildman–Crippen LogP) is 4.29. The number of nitriles is 1. The van der Waals surface area contributed by atoms with Gasteiger partial charge >= 0.3 is 0 Å². The van der Waals surface area contributed by atoms with Gasteiger partial charge in [-0.1, -0.05) is 29.3 Å². The van der Waals surface area contributed by atoms with Crippen molar-refractivity contribution in [3.05, 3.63) is 58.1 Å². The smallest absolute Gasteiger partial charge is 0.137 e. The molecule has 0 aliphatic heterocycles. The third kappa shape index (κ3) is 4.14. The number of hydrogen-bond acceptors (Lipinski definition) is 3. The van der Waals surface area contributed by atoms with Crippen molar-refractivity contribution in [2.45, 2.75) is 13.8 Å². The number of halogens is 1. The Bertz CT molecular complexity index is 677. The molecule has 2 rings (SSSR count). The molecule has 3 nitrogen and oxygen atoms in total. The largest absolute Gasteiger partial charge is 0.490 e. The summed E-state index contributed by atoms with van der Waals surface area (Å²) in [7, 11) is 0. The maximum atomic E-state index is 9.02. The highest BCUT2D eigenvalue weighted by molar-refractivity contribution is 6.30. The topological polar surface area (TPSA) is 42.2 Å². The molecule has 4 heteroatoms. The molecule has 2 aromatic carbocycles. The lowest BCUT2D eigenvalue weighted by Crippen LogP contribution is -2.10. The summed E-state index contributed by atoms with van der Waals surface area (Å²) in [6.07, 6.45) is 0. The first-order valence-electron chi connectivity index (χ1n) is 6.62. The summed E-state index contributed by atoms with van der Waals surface area (Å²) < 4.78 is 11.2. The van der Waals surface area contributed by atoms with E-state index in [0.29, 0.717) is 29.5 Å². The molecular weight excluding hydrogens is 286 g/mol. The summed E-state index contributed by atoms with van der Waals surface area (Å²) in [6, 6.07) is 13.1. The molecule has 0 aromatic heterocycles. The van der Waals surface area contributed by atoms with Crippen LogP contribution in [-0.2, 0) is 0 Å². The summed E-state index contributed by atoms with van der Waals surface area (Å²) in [5.74, 6) is 1.37. The minimum atomic E-state index is 0.365. The maximum absolute atomic E-state index is 9.02. The van der Waals surface area contributed by atoms with Crippen molar-refractivity contribution in [3.63, 3.8) is 0 Å². The summed E-state index contributed by atoms with van der Waals surface area (Å²) >= 11 is 5.84. The second kappa shape index (κ2) is 7.01. The molecule has 0 fully saturated rings. The van der Waals surface area contributed by atoms with Crippen molar-refractivity contribution in [2.75, 3.05) is 13.2 Å².